The minimum Gasteiger partial charge on any atom is -0.366 e. The van der Waals surface area contributed by atoms with Gasteiger partial charge < -0.3 is 9.64 Å². The normalized spacial score (nSPS) is 20.8. The number of ether oxygens (including phenoxy) is 1. The van der Waals surface area contributed by atoms with Crippen LogP contribution in [-0.4, -0.2) is 44.4 Å². The van der Waals surface area contributed by atoms with E-state index in [9.17, 15) is 4.79 Å². The minimum absolute atomic E-state index is 0.0597. The predicted octanol–water partition coefficient (Wildman–Crippen LogP) is 3.36. The third-order valence-electron chi connectivity index (χ3n) is 4.98. The predicted molar refractivity (Wildman–Crippen MR) is 102 cm³/mol. The van der Waals surface area contributed by atoms with E-state index in [2.05, 4.69) is 30.7 Å². The molecule has 27 heavy (non-hydrogen) atoms. The molecule has 1 saturated heterocycles. The van der Waals surface area contributed by atoms with Crippen LogP contribution in [0.2, 0.25) is 0 Å². The van der Waals surface area contributed by atoms with Gasteiger partial charge in [-0.1, -0.05) is 51.1 Å². The number of carbonyl (C=O) groups is 1. The first kappa shape index (κ1) is 17.7. The van der Waals surface area contributed by atoms with Crippen LogP contribution in [0.5, 0.6) is 0 Å². The molecule has 0 saturated carbocycles. The summed E-state index contributed by atoms with van der Waals surface area (Å²) in [5.74, 6) is 0.445. The van der Waals surface area contributed by atoms with Crippen LogP contribution in [0.4, 0.5) is 0 Å². The monoisotopic (exact) mass is 364 g/mol. The Bertz CT molecular complexity index is 912. The highest BCUT2D eigenvalue weighted by Crippen LogP contribution is 2.33. The molecule has 1 fully saturated rings. The summed E-state index contributed by atoms with van der Waals surface area (Å²) >= 11 is 0. The lowest BCUT2D eigenvalue weighted by Crippen LogP contribution is -2.51. The molecule has 1 aliphatic heterocycles. The van der Waals surface area contributed by atoms with Crippen molar-refractivity contribution in [1.82, 2.24) is 19.3 Å². The summed E-state index contributed by atoms with van der Waals surface area (Å²) < 4.78 is 8.15. The van der Waals surface area contributed by atoms with Gasteiger partial charge in [0.2, 0.25) is 5.78 Å². The van der Waals surface area contributed by atoms with Crippen LogP contribution < -0.4 is 0 Å². The molecule has 3 aromatic rings. The Balaban J connectivity index is 1.64. The van der Waals surface area contributed by atoms with Crippen molar-refractivity contribution in [2.45, 2.75) is 33.0 Å². The molecule has 0 bridgehead atoms. The molecule has 1 aromatic carbocycles. The Morgan fingerprint density at radius 1 is 1.15 bits per heavy atom. The van der Waals surface area contributed by atoms with Crippen molar-refractivity contribution in [2.24, 2.45) is 5.41 Å². The number of nitrogens with zero attached hydrogens (tertiary/aromatic N) is 4. The van der Waals surface area contributed by atoms with E-state index in [1.54, 1.807) is 16.8 Å². The third-order valence-corrected chi connectivity index (χ3v) is 4.98. The van der Waals surface area contributed by atoms with Gasteiger partial charge in [-0.2, -0.15) is 0 Å². The lowest BCUT2D eigenvalue weighted by molar-refractivity contribution is -0.119. The van der Waals surface area contributed by atoms with Crippen molar-refractivity contribution in [2.75, 3.05) is 13.1 Å². The second-order valence-electron chi connectivity index (χ2n) is 8.05. The van der Waals surface area contributed by atoms with E-state index in [0.717, 1.165) is 5.56 Å². The Morgan fingerprint density at radius 2 is 1.93 bits per heavy atom. The van der Waals surface area contributed by atoms with Gasteiger partial charge in [-0.05, 0) is 17.0 Å². The molecule has 140 valence electrons. The number of carbonyl (C=O) groups excluding carboxylic acids is 1. The lowest BCUT2D eigenvalue weighted by Gasteiger charge is -2.43. The van der Waals surface area contributed by atoms with Gasteiger partial charge in [-0.15, -0.1) is 0 Å². The molecular formula is C21H24N4O2. The molecule has 1 amide bonds. The number of morpholine rings is 1. The van der Waals surface area contributed by atoms with E-state index < -0.39 is 0 Å². The molecule has 2 aromatic heterocycles. The Labute approximate surface area is 158 Å². The zero-order valence-corrected chi connectivity index (χ0v) is 15.9. The first-order valence-corrected chi connectivity index (χ1v) is 9.21. The van der Waals surface area contributed by atoms with E-state index >= 15 is 0 Å². The number of benzene rings is 1. The van der Waals surface area contributed by atoms with Crippen molar-refractivity contribution in [1.29, 1.82) is 0 Å². The highest BCUT2D eigenvalue weighted by molar-refractivity contribution is 5.92. The molecule has 6 nitrogen and oxygen atoms in total. The summed E-state index contributed by atoms with van der Waals surface area (Å²) in [6.07, 6.45) is 5.05. The highest BCUT2D eigenvalue weighted by Gasteiger charge is 2.38. The van der Waals surface area contributed by atoms with Crippen molar-refractivity contribution >= 4 is 11.7 Å². The van der Waals surface area contributed by atoms with Crippen LogP contribution in [0, 0.1) is 5.41 Å². The molecule has 0 aliphatic carbocycles. The number of rotatable bonds is 2. The van der Waals surface area contributed by atoms with Gasteiger partial charge >= 0.3 is 0 Å². The summed E-state index contributed by atoms with van der Waals surface area (Å²) in [4.78, 5) is 23.6. The Hall–Kier alpha value is -2.73. The zero-order chi connectivity index (χ0) is 19.0. The van der Waals surface area contributed by atoms with Crippen molar-refractivity contribution < 1.29 is 9.53 Å². The van der Waals surface area contributed by atoms with Crippen molar-refractivity contribution in [3.8, 4) is 0 Å². The van der Waals surface area contributed by atoms with Crippen LogP contribution in [0.25, 0.3) is 5.78 Å². The van der Waals surface area contributed by atoms with E-state index in [1.807, 2.05) is 47.5 Å². The SMILES string of the molecule is CC(C)(C)[C@H]1CN(C(=O)c2cn3cccnc3n2)C[C@@H](c2ccccc2)O1. The molecule has 1 aliphatic rings. The van der Waals surface area contributed by atoms with Crippen LogP contribution in [0.1, 0.15) is 42.9 Å². The van der Waals surface area contributed by atoms with Crippen LogP contribution >= 0.6 is 0 Å². The van der Waals surface area contributed by atoms with Gasteiger partial charge in [-0.3, -0.25) is 9.20 Å². The molecule has 0 N–H and O–H groups in total. The van der Waals surface area contributed by atoms with Gasteiger partial charge in [0.25, 0.3) is 5.91 Å². The number of amides is 1. The fourth-order valence-electron chi connectivity index (χ4n) is 3.35. The van der Waals surface area contributed by atoms with Gasteiger partial charge in [0.05, 0.1) is 12.6 Å². The Kier molecular flexibility index (Phi) is 4.44. The van der Waals surface area contributed by atoms with E-state index in [0.29, 0.717) is 24.6 Å². The van der Waals surface area contributed by atoms with Gasteiger partial charge in [0, 0.05) is 25.1 Å². The van der Waals surface area contributed by atoms with Crippen LogP contribution in [0.3, 0.4) is 0 Å². The fraction of sp³-hybridized carbons (Fsp3) is 0.381. The number of fused-ring (bicyclic) bond motifs is 1. The number of imidazole rings is 1. The van der Waals surface area contributed by atoms with Gasteiger partial charge in [0.1, 0.15) is 11.8 Å². The smallest absolute Gasteiger partial charge is 0.274 e. The van der Waals surface area contributed by atoms with Crippen molar-refractivity contribution in [3.63, 3.8) is 0 Å². The molecule has 0 spiro atoms. The lowest BCUT2D eigenvalue weighted by atomic mass is 9.87. The largest absolute Gasteiger partial charge is 0.366 e. The second-order valence-corrected chi connectivity index (χ2v) is 8.05. The first-order valence-electron chi connectivity index (χ1n) is 9.21. The van der Waals surface area contributed by atoms with Gasteiger partial charge in [0.15, 0.2) is 0 Å². The molecule has 4 rings (SSSR count). The van der Waals surface area contributed by atoms with E-state index in [-0.39, 0.29) is 23.5 Å². The number of aromatic nitrogens is 3. The maximum Gasteiger partial charge on any atom is 0.274 e. The molecular weight excluding hydrogens is 340 g/mol. The molecule has 6 heteroatoms. The summed E-state index contributed by atoms with van der Waals surface area (Å²) in [5, 5.41) is 0. The van der Waals surface area contributed by atoms with Gasteiger partial charge in [-0.25, -0.2) is 9.97 Å². The summed E-state index contributed by atoms with van der Waals surface area (Å²) in [6.45, 7) is 7.48. The van der Waals surface area contributed by atoms with E-state index in [1.165, 1.54) is 0 Å². The fourth-order valence-corrected chi connectivity index (χ4v) is 3.35. The topological polar surface area (TPSA) is 59.7 Å². The first-order chi connectivity index (χ1) is 12.9. The van der Waals surface area contributed by atoms with Crippen LogP contribution in [-0.2, 0) is 4.74 Å². The number of hydrogen-bond acceptors (Lipinski definition) is 4. The summed E-state index contributed by atoms with van der Waals surface area (Å²) in [7, 11) is 0. The Morgan fingerprint density at radius 3 is 2.63 bits per heavy atom. The maximum atomic E-state index is 13.2. The summed E-state index contributed by atoms with van der Waals surface area (Å²) in [5.41, 5.74) is 1.42. The quantitative estimate of drug-likeness (QED) is 0.700. The zero-order valence-electron chi connectivity index (χ0n) is 15.9. The van der Waals surface area contributed by atoms with Crippen molar-refractivity contribution in [3.05, 3.63) is 66.2 Å². The van der Waals surface area contributed by atoms with Crippen LogP contribution in [0.15, 0.2) is 55.0 Å². The summed E-state index contributed by atoms with van der Waals surface area (Å²) in [6, 6.07) is 11.9. The standard InChI is InChI=1S/C21H24N4O2/c1-21(2,3)18-14-25(13-17(27-18)15-8-5-4-6-9-15)19(26)16-12-24-11-7-10-22-20(24)23-16/h4-12,17-18H,13-14H2,1-3H3/t17-,18+/m0/s1. The molecule has 0 radical (unpaired) electrons. The number of hydrogen-bond donors (Lipinski definition) is 0. The maximum absolute atomic E-state index is 13.2. The third kappa shape index (κ3) is 3.57. The molecule has 0 unspecified atom stereocenters. The average molecular weight is 364 g/mol. The highest BCUT2D eigenvalue weighted by atomic mass is 16.5. The second kappa shape index (κ2) is 6.78. The molecule has 3 heterocycles. The minimum atomic E-state index is -0.150. The van der Waals surface area contributed by atoms with E-state index in [4.69, 9.17) is 4.74 Å². The molecule has 2 atom stereocenters. The average Bonchev–Trinajstić information content (AvgIpc) is 3.11.